The third kappa shape index (κ3) is 3.61. The van der Waals surface area contributed by atoms with E-state index in [1.54, 1.807) is 4.68 Å². The molecular formula is C13H16N4O2. The first-order valence-corrected chi connectivity index (χ1v) is 6.22. The molecule has 0 spiro atoms. The SMILES string of the molecule is Cc1ccc(-c2nnnn2CCCCC(=O)O)cc1. The summed E-state index contributed by atoms with van der Waals surface area (Å²) in [4.78, 5) is 10.4. The molecule has 2 aromatic rings. The Labute approximate surface area is 111 Å². The molecule has 0 saturated carbocycles. The van der Waals surface area contributed by atoms with Crippen molar-refractivity contribution in [2.75, 3.05) is 0 Å². The second-order valence-electron chi connectivity index (χ2n) is 4.44. The normalized spacial score (nSPS) is 10.6. The summed E-state index contributed by atoms with van der Waals surface area (Å²) in [6, 6.07) is 7.99. The van der Waals surface area contributed by atoms with Gasteiger partial charge in [-0.05, 0) is 30.2 Å². The largest absolute Gasteiger partial charge is 0.481 e. The number of benzene rings is 1. The fourth-order valence-corrected chi connectivity index (χ4v) is 1.80. The lowest BCUT2D eigenvalue weighted by molar-refractivity contribution is -0.137. The first-order chi connectivity index (χ1) is 9.16. The number of aryl methyl sites for hydroxylation is 2. The Kier molecular flexibility index (Phi) is 4.22. The van der Waals surface area contributed by atoms with Crippen LogP contribution in [0.2, 0.25) is 0 Å². The number of carboxylic acid groups (broad SMARTS) is 1. The van der Waals surface area contributed by atoms with Gasteiger partial charge in [0.2, 0.25) is 0 Å². The summed E-state index contributed by atoms with van der Waals surface area (Å²) in [6.07, 6.45) is 1.56. The van der Waals surface area contributed by atoms with Gasteiger partial charge >= 0.3 is 5.97 Å². The summed E-state index contributed by atoms with van der Waals surface area (Å²) in [5, 5.41) is 20.2. The number of unbranched alkanes of at least 4 members (excludes halogenated alkanes) is 1. The Morgan fingerprint density at radius 1 is 1.26 bits per heavy atom. The van der Waals surface area contributed by atoms with E-state index in [1.807, 2.05) is 31.2 Å². The molecule has 0 radical (unpaired) electrons. The van der Waals surface area contributed by atoms with Crippen LogP contribution in [0.1, 0.15) is 24.8 Å². The molecular weight excluding hydrogens is 244 g/mol. The number of tetrazole rings is 1. The number of aliphatic carboxylic acids is 1. The molecule has 0 amide bonds. The van der Waals surface area contributed by atoms with Crippen LogP contribution in [-0.2, 0) is 11.3 Å². The number of carboxylic acids is 1. The van der Waals surface area contributed by atoms with Crippen LogP contribution in [0.5, 0.6) is 0 Å². The molecule has 6 nitrogen and oxygen atoms in total. The van der Waals surface area contributed by atoms with Gasteiger partial charge in [-0.1, -0.05) is 29.8 Å². The predicted octanol–water partition coefficient (Wildman–Crippen LogP) is 1.90. The van der Waals surface area contributed by atoms with E-state index in [-0.39, 0.29) is 6.42 Å². The highest BCUT2D eigenvalue weighted by Gasteiger charge is 2.08. The molecule has 1 heterocycles. The number of hydrogen-bond donors (Lipinski definition) is 1. The predicted molar refractivity (Wildman–Crippen MR) is 69.5 cm³/mol. The monoisotopic (exact) mass is 260 g/mol. The van der Waals surface area contributed by atoms with Crippen molar-refractivity contribution >= 4 is 5.97 Å². The second kappa shape index (κ2) is 6.08. The molecule has 0 aliphatic carbocycles. The number of nitrogens with zero attached hydrogens (tertiary/aromatic N) is 4. The molecule has 0 atom stereocenters. The van der Waals surface area contributed by atoms with Crippen molar-refractivity contribution in [3.8, 4) is 11.4 Å². The van der Waals surface area contributed by atoms with Crippen molar-refractivity contribution in [2.45, 2.75) is 32.7 Å². The van der Waals surface area contributed by atoms with Gasteiger partial charge in [-0.3, -0.25) is 4.79 Å². The van der Waals surface area contributed by atoms with Gasteiger partial charge in [0.1, 0.15) is 0 Å². The number of hydrogen-bond acceptors (Lipinski definition) is 4. The lowest BCUT2D eigenvalue weighted by Crippen LogP contribution is -2.04. The zero-order valence-corrected chi connectivity index (χ0v) is 10.8. The smallest absolute Gasteiger partial charge is 0.303 e. The lowest BCUT2D eigenvalue weighted by Gasteiger charge is -2.04. The summed E-state index contributed by atoms with van der Waals surface area (Å²) in [5.74, 6) is -0.0502. The highest BCUT2D eigenvalue weighted by molar-refractivity contribution is 5.66. The molecule has 2 rings (SSSR count). The Morgan fingerprint density at radius 3 is 2.68 bits per heavy atom. The number of aromatic nitrogens is 4. The summed E-state index contributed by atoms with van der Waals surface area (Å²) >= 11 is 0. The molecule has 0 unspecified atom stereocenters. The number of rotatable bonds is 6. The van der Waals surface area contributed by atoms with Gasteiger partial charge in [-0.2, -0.15) is 0 Å². The topological polar surface area (TPSA) is 80.9 Å². The summed E-state index contributed by atoms with van der Waals surface area (Å²) in [5.41, 5.74) is 2.15. The van der Waals surface area contributed by atoms with Crippen LogP contribution in [0.4, 0.5) is 0 Å². The molecule has 1 aromatic carbocycles. The molecule has 1 N–H and O–H groups in total. The minimum absolute atomic E-state index is 0.183. The van der Waals surface area contributed by atoms with Gasteiger partial charge in [0.05, 0.1) is 0 Å². The Hall–Kier alpha value is -2.24. The average molecular weight is 260 g/mol. The second-order valence-corrected chi connectivity index (χ2v) is 4.44. The molecule has 0 bridgehead atoms. The van der Waals surface area contributed by atoms with Crippen LogP contribution < -0.4 is 0 Å². The van der Waals surface area contributed by atoms with E-state index in [1.165, 1.54) is 5.56 Å². The minimum Gasteiger partial charge on any atom is -0.481 e. The van der Waals surface area contributed by atoms with Crippen LogP contribution in [0.3, 0.4) is 0 Å². The van der Waals surface area contributed by atoms with Gasteiger partial charge in [-0.15, -0.1) is 5.10 Å². The highest BCUT2D eigenvalue weighted by atomic mass is 16.4. The summed E-state index contributed by atoms with van der Waals surface area (Å²) in [6.45, 7) is 2.65. The zero-order valence-electron chi connectivity index (χ0n) is 10.8. The maximum absolute atomic E-state index is 10.4. The quantitative estimate of drug-likeness (QED) is 0.802. The van der Waals surface area contributed by atoms with E-state index in [0.717, 1.165) is 17.8 Å². The third-order valence-electron chi connectivity index (χ3n) is 2.85. The maximum Gasteiger partial charge on any atom is 0.303 e. The molecule has 0 aliphatic heterocycles. The fourth-order valence-electron chi connectivity index (χ4n) is 1.80. The van der Waals surface area contributed by atoms with Crippen LogP contribution in [0, 0.1) is 6.92 Å². The Balaban J connectivity index is 2.01. The molecule has 6 heteroatoms. The van der Waals surface area contributed by atoms with Crippen LogP contribution in [0.25, 0.3) is 11.4 Å². The molecule has 0 fully saturated rings. The van der Waals surface area contributed by atoms with E-state index in [9.17, 15) is 4.79 Å². The fraction of sp³-hybridized carbons (Fsp3) is 0.385. The Bertz CT molecular complexity index is 548. The molecule has 1 aromatic heterocycles. The Morgan fingerprint density at radius 2 is 2.00 bits per heavy atom. The molecule has 100 valence electrons. The molecule has 19 heavy (non-hydrogen) atoms. The first kappa shape index (κ1) is 13.2. The van der Waals surface area contributed by atoms with Gasteiger partial charge in [-0.25, -0.2) is 4.68 Å². The highest BCUT2D eigenvalue weighted by Crippen LogP contribution is 2.16. The van der Waals surface area contributed by atoms with Gasteiger partial charge in [0.25, 0.3) is 0 Å². The standard InChI is InChI=1S/C13H16N4O2/c1-10-5-7-11(8-6-10)13-14-15-16-17(13)9-3-2-4-12(18)19/h5-8H,2-4,9H2,1H3,(H,18,19). The van der Waals surface area contributed by atoms with E-state index >= 15 is 0 Å². The number of carbonyl (C=O) groups is 1. The maximum atomic E-state index is 10.4. The summed E-state index contributed by atoms with van der Waals surface area (Å²) < 4.78 is 1.71. The van der Waals surface area contributed by atoms with Crippen LogP contribution in [0.15, 0.2) is 24.3 Å². The van der Waals surface area contributed by atoms with E-state index in [0.29, 0.717) is 13.0 Å². The van der Waals surface area contributed by atoms with Gasteiger partial charge in [0.15, 0.2) is 5.82 Å². The van der Waals surface area contributed by atoms with Crippen LogP contribution >= 0.6 is 0 Å². The van der Waals surface area contributed by atoms with Crippen molar-refractivity contribution in [1.82, 2.24) is 20.2 Å². The van der Waals surface area contributed by atoms with E-state index < -0.39 is 5.97 Å². The van der Waals surface area contributed by atoms with Gasteiger partial charge in [0, 0.05) is 18.5 Å². The van der Waals surface area contributed by atoms with Gasteiger partial charge < -0.3 is 5.11 Å². The zero-order chi connectivity index (χ0) is 13.7. The first-order valence-electron chi connectivity index (χ1n) is 6.22. The van der Waals surface area contributed by atoms with Crippen LogP contribution in [-0.4, -0.2) is 31.3 Å². The van der Waals surface area contributed by atoms with Crippen molar-refractivity contribution in [2.24, 2.45) is 0 Å². The minimum atomic E-state index is -0.768. The molecule has 0 aliphatic rings. The van der Waals surface area contributed by atoms with Crippen molar-refractivity contribution in [1.29, 1.82) is 0 Å². The summed E-state index contributed by atoms with van der Waals surface area (Å²) in [7, 11) is 0. The van der Waals surface area contributed by atoms with Crippen molar-refractivity contribution in [3.05, 3.63) is 29.8 Å². The molecule has 0 saturated heterocycles. The third-order valence-corrected chi connectivity index (χ3v) is 2.85. The van der Waals surface area contributed by atoms with Crippen molar-refractivity contribution < 1.29 is 9.90 Å². The lowest BCUT2D eigenvalue weighted by atomic mass is 10.1. The van der Waals surface area contributed by atoms with E-state index in [4.69, 9.17) is 5.11 Å². The van der Waals surface area contributed by atoms with E-state index in [2.05, 4.69) is 15.5 Å². The average Bonchev–Trinajstić information content (AvgIpc) is 2.84. The van der Waals surface area contributed by atoms with Crippen molar-refractivity contribution in [3.63, 3.8) is 0 Å².